The van der Waals surface area contributed by atoms with Crippen molar-refractivity contribution in [3.8, 4) is 5.88 Å². The maximum absolute atomic E-state index is 12.9. The van der Waals surface area contributed by atoms with Gasteiger partial charge in [0.15, 0.2) is 5.82 Å². The van der Waals surface area contributed by atoms with Gasteiger partial charge in [0.2, 0.25) is 5.88 Å². The van der Waals surface area contributed by atoms with Crippen LogP contribution < -0.4 is 10.1 Å². The number of aliphatic hydroxyl groups excluding tert-OH is 1. The van der Waals surface area contributed by atoms with Crippen molar-refractivity contribution >= 4 is 0 Å². The molecule has 14 heavy (non-hydrogen) atoms. The highest BCUT2D eigenvalue weighted by molar-refractivity contribution is 5.19. The molecule has 1 unspecified atom stereocenters. The monoisotopic (exact) mass is 200 g/mol. The van der Waals surface area contributed by atoms with E-state index in [9.17, 15) is 9.50 Å². The van der Waals surface area contributed by atoms with E-state index in [-0.39, 0.29) is 5.88 Å². The van der Waals surface area contributed by atoms with Gasteiger partial charge in [-0.25, -0.2) is 9.37 Å². The minimum atomic E-state index is -0.755. The molecule has 0 fully saturated rings. The van der Waals surface area contributed by atoms with Crippen LogP contribution in [0.25, 0.3) is 0 Å². The second-order valence-corrected chi connectivity index (χ2v) is 2.80. The molecule has 0 aromatic carbocycles. The van der Waals surface area contributed by atoms with Crippen molar-refractivity contribution in [2.24, 2.45) is 0 Å². The van der Waals surface area contributed by atoms with Crippen LogP contribution in [-0.4, -0.2) is 30.8 Å². The lowest BCUT2D eigenvalue weighted by molar-refractivity contribution is 0.171. The Morgan fingerprint density at radius 1 is 1.64 bits per heavy atom. The molecule has 2 N–H and O–H groups in total. The van der Waals surface area contributed by atoms with E-state index in [4.69, 9.17) is 4.74 Å². The summed E-state index contributed by atoms with van der Waals surface area (Å²) in [7, 11) is 3.05. The van der Waals surface area contributed by atoms with Crippen molar-refractivity contribution in [2.45, 2.75) is 6.10 Å². The Labute approximate surface area is 81.7 Å². The summed E-state index contributed by atoms with van der Waals surface area (Å²) in [6.07, 6.45) is -0.755. The lowest BCUT2D eigenvalue weighted by Gasteiger charge is -2.10. The van der Waals surface area contributed by atoms with Gasteiger partial charge in [-0.1, -0.05) is 0 Å². The molecule has 1 heterocycles. The molecule has 1 aromatic heterocycles. The normalized spacial score (nSPS) is 12.6. The summed E-state index contributed by atoms with van der Waals surface area (Å²) in [6, 6.07) is 2.65. The topological polar surface area (TPSA) is 54.4 Å². The number of likely N-dealkylation sites (N-methyl/N-ethyl adjacent to an activating group) is 1. The van der Waals surface area contributed by atoms with Gasteiger partial charge in [-0.3, -0.25) is 0 Å². The molecule has 0 saturated carbocycles. The van der Waals surface area contributed by atoms with Crippen LogP contribution in [0, 0.1) is 5.82 Å². The van der Waals surface area contributed by atoms with E-state index in [1.165, 1.54) is 19.2 Å². The number of halogens is 1. The fourth-order valence-corrected chi connectivity index (χ4v) is 1.06. The second-order valence-electron chi connectivity index (χ2n) is 2.80. The summed E-state index contributed by atoms with van der Waals surface area (Å²) in [5.41, 5.74) is 0.387. The number of rotatable bonds is 4. The first-order chi connectivity index (χ1) is 6.69. The lowest BCUT2D eigenvalue weighted by atomic mass is 10.2. The number of aliphatic hydroxyl groups is 1. The number of methoxy groups -OCH3 is 1. The highest BCUT2D eigenvalue weighted by atomic mass is 19.1. The van der Waals surface area contributed by atoms with Crippen LogP contribution in [0.3, 0.4) is 0 Å². The smallest absolute Gasteiger partial charge is 0.250 e. The highest BCUT2D eigenvalue weighted by Crippen LogP contribution is 2.17. The van der Waals surface area contributed by atoms with E-state index in [0.717, 1.165) is 0 Å². The molecule has 0 bridgehead atoms. The number of hydrogen-bond acceptors (Lipinski definition) is 4. The van der Waals surface area contributed by atoms with Gasteiger partial charge < -0.3 is 15.2 Å². The summed E-state index contributed by atoms with van der Waals surface area (Å²) < 4.78 is 17.6. The summed E-state index contributed by atoms with van der Waals surface area (Å²) in [6.45, 7) is 0.363. The van der Waals surface area contributed by atoms with Crippen LogP contribution in [0.4, 0.5) is 4.39 Å². The van der Waals surface area contributed by atoms with Gasteiger partial charge in [0.1, 0.15) is 6.10 Å². The number of nitrogens with one attached hydrogen (secondary N) is 1. The minimum Gasteiger partial charge on any atom is -0.479 e. The van der Waals surface area contributed by atoms with Crippen molar-refractivity contribution < 1.29 is 14.2 Å². The van der Waals surface area contributed by atoms with Crippen LogP contribution in [0.2, 0.25) is 0 Å². The molecular formula is C9H13FN2O2. The summed E-state index contributed by atoms with van der Waals surface area (Å²) in [5.74, 6) is -0.634. The molecule has 1 aromatic rings. The molecule has 0 aliphatic carbocycles. The maximum Gasteiger partial charge on any atom is 0.250 e. The fourth-order valence-electron chi connectivity index (χ4n) is 1.06. The third-order valence-corrected chi connectivity index (χ3v) is 1.77. The Morgan fingerprint density at radius 2 is 2.36 bits per heavy atom. The Morgan fingerprint density at radius 3 is 2.93 bits per heavy atom. The van der Waals surface area contributed by atoms with Crippen molar-refractivity contribution in [3.63, 3.8) is 0 Å². The third kappa shape index (κ3) is 2.40. The third-order valence-electron chi connectivity index (χ3n) is 1.77. The van der Waals surface area contributed by atoms with Crippen LogP contribution in [-0.2, 0) is 0 Å². The van der Waals surface area contributed by atoms with Gasteiger partial charge >= 0.3 is 0 Å². The number of nitrogens with zero attached hydrogens (tertiary/aromatic N) is 1. The predicted molar refractivity (Wildman–Crippen MR) is 49.6 cm³/mol. The average molecular weight is 200 g/mol. The van der Waals surface area contributed by atoms with Gasteiger partial charge in [0, 0.05) is 6.54 Å². The van der Waals surface area contributed by atoms with Crippen molar-refractivity contribution in [2.75, 3.05) is 20.7 Å². The Kier molecular flexibility index (Phi) is 3.79. The minimum absolute atomic E-state index is 0.0994. The lowest BCUT2D eigenvalue weighted by Crippen LogP contribution is -2.17. The van der Waals surface area contributed by atoms with Gasteiger partial charge in [-0.2, -0.15) is 0 Å². The molecule has 0 spiro atoms. The van der Waals surface area contributed by atoms with Crippen LogP contribution in [0.1, 0.15) is 11.8 Å². The standard InChI is InChI=1S/C9H13FN2O2/c1-11-5-8(13)7-4-3-6(10)9(12-7)14-2/h3-4,8,11,13H,5H2,1-2H3. The van der Waals surface area contributed by atoms with E-state index in [2.05, 4.69) is 10.3 Å². The van der Waals surface area contributed by atoms with Gasteiger partial charge in [0.05, 0.1) is 12.8 Å². The molecule has 78 valence electrons. The fraction of sp³-hybridized carbons (Fsp3) is 0.444. The van der Waals surface area contributed by atoms with Crippen LogP contribution in [0.5, 0.6) is 5.88 Å². The van der Waals surface area contributed by atoms with Crippen LogP contribution >= 0.6 is 0 Å². The van der Waals surface area contributed by atoms with Crippen molar-refractivity contribution in [1.29, 1.82) is 0 Å². The first kappa shape index (κ1) is 10.9. The highest BCUT2D eigenvalue weighted by Gasteiger charge is 2.11. The molecule has 0 amide bonds. The molecule has 4 nitrogen and oxygen atoms in total. The Bertz CT molecular complexity index is 307. The van der Waals surface area contributed by atoms with E-state index in [1.54, 1.807) is 7.05 Å². The van der Waals surface area contributed by atoms with Crippen molar-refractivity contribution in [1.82, 2.24) is 10.3 Å². The largest absolute Gasteiger partial charge is 0.479 e. The second kappa shape index (κ2) is 4.88. The van der Waals surface area contributed by atoms with Gasteiger partial charge in [-0.05, 0) is 19.2 Å². The number of hydrogen-bond donors (Lipinski definition) is 2. The molecule has 0 aliphatic heterocycles. The van der Waals surface area contributed by atoms with E-state index in [1.807, 2.05) is 0 Å². The SMILES string of the molecule is CNCC(O)c1ccc(F)c(OC)n1. The zero-order valence-corrected chi connectivity index (χ0v) is 8.12. The average Bonchev–Trinajstić information content (AvgIpc) is 2.19. The molecule has 5 heteroatoms. The van der Waals surface area contributed by atoms with Crippen molar-refractivity contribution in [3.05, 3.63) is 23.6 Å². The Balaban J connectivity index is 2.88. The van der Waals surface area contributed by atoms with E-state index in [0.29, 0.717) is 12.2 Å². The Hall–Kier alpha value is -1.20. The number of ether oxygens (including phenoxy) is 1. The zero-order valence-electron chi connectivity index (χ0n) is 8.12. The maximum atomic E-state index is 12.9. The summed E-state index contributed by atoms with van der Waals surface area (Å²) >= 11 is 0. The van der Waals surface area contributed by atoms with Gasteiger partial charge in [-0.15, -0.1) is 0 Å². The molecule has 0 aliphatic rings. The number of pyridine rings is 1. The van der Waals surface area contributed by atoms with E-state index >= 15 is 0 Å². The quantitative estimate of drug-likeness (QED) is 0.742. The van der Waals surface area contributed by atoms with Gasteiger partial charge in [0.25, 0.3) is 0 Å². The molecule has 0 saturated heterocycles. The first-order valence-corrected chi connectivity index (χ1v) is 4.22. The van der Waals surface area contributed by atoms with Crippen LogP contribution in [0.15, 0.2) is 12.1 Å². The first-order valence-electron chi connectivity index (χ1n) is 4.22. The molecular weight excluding hydrogens is 187 g/mol. The summed E-state index contributed by atoms with van der Waals surface area (Å²) in [4.78, 5) is 3.82. The summed E-state index contributed by atoms with van der Waals surface area (Å²) in [5, 5.41) is 12.3. The molecule has 0 radical (unpaired) electrons. The zero-order chi connectivity index (χ0) is 10.6. The number of aromatic nitrogens is 1. The predicted octanol–water partition coefficient (Wildman–Crippen LogP) is 0.482. The molecule has 1 rings (SSSR count). The molecule has 1 atom stereocenters. The van der Waals surface area contributed by atoms with E-state index < -0.39 is 11.9 Å².